The van der Waals surface area contributed by atoms with Crippen LogP contribution in [-0.4, -0.2) is 18.7 Å². The summed E-state index contributed by atoms with van der Waals surface area (Å²) in [7, 11) is 0. The lowest BCUT2D eigenvalue weighted by Crippen LogP contribution is -2.25. The summed E-state index contributed by atoms with van der Waals surface area (Å²) >= 11 is 0. The predicted octanol–water partition coefficient (Wildman–Crippen LogP) is 5.64. The van der Waals surface area contributed by atoms with Gasteiger partial charge in [0.1, 0.15) is 11.7 Å². The van der Waals surface area contributed by atoms with E-state index in [4.69, 9.17) is 13.9 Å². The van der Waals surface area contributed by atoms with Crippen LogP contribution in [0.15, 0.2) is 45.6 Å². The van der Waals surface area contributed by atoms with Crippen LogP contribution in [-0.2, 0) is 9.53 Å². The fourth-order valence-corrected chi connectivity index (χ4v) is 4.19. The van der Waals surface area contributed by atoms with E-state index < -0.39 is 5.97 Å². The van der Waals surface area contributed by atoms with Gasteiger partial charge in [0.15, 0.2) is 12.4 Å². The Bertz CT molecular complexity index is 1150. The lowest BCUT2D eigenvalue weighted by molar-refractivity contribution is -0.152. The molecule has 1 fully saturated rings. The number of ether oxygens (including phenoxy) is 2. The second-order valence-corrected chi connectivity index (χ2v) is 8.45. The first kappa shape index (κ1) is 21.2. The third-order valence-electron chi connectivity index (χ3n) is 5.78. The molecule has 0 unspecified atom stereocenters. The van der Waals surface area contributed by atoms with E-state index in [1.165, 1.54) is 6.42 Å². The molecule has 0 radical (unpaired) electrons. The minimum Gasteiger partial charge on any atom is -0.474 e. The zero-order chi connectivity index (χ0) is 22.0. The van der Waals surface area contributed by atoms with Gasteiger partial charge in [0.05, 0.1) is 5.39 Å². The molecule has 1 heterocycles. The van der Waals surface area contributed by atoms with E-state index in [0.717, 1.165) is 47.9 Å². The Labute approximate surface area is 182 Å². The van der Waals surface area contributed by atoms with Gasteiger partial charge in [0.25, 0.3) is 0 Å². The van der Waals surface area contributed by atoms with E-state index in [9.17, 15) is 9.59 Å². The number of hydrogen-bond donors (Lipinski definition) is 0. The quantitative estimate of drug-likeness (QED) is 0.500. The maximum atomic E-state index is 13.4. The van der Waals surface area contributed by atoms with Gasteiger partial charge in [-0.15, -0.1) is 0 Å². The van der Waals surface area contributed by atoms with Crippen LogP contribution < -0.4 is 10.2 Å². The average molecular weight is 421 g/mol. The van der Waals surface area contributed by atoms with Gasteiger partial charge in [-0.3, -0.25) is 4.79 Å². The van der Waals surface area contributed by atoms with Crippen LogP contribution in [0.3, 0.4) is 0 Å². The van der Waals surface area contributed by atoms with Gasteiger partial charge in [-0.2, -0.15) is 0 Å². The Kier molecular flexibility index (Phi) is 6.12. The molecular formula is C26H28O5. The summed E-state index contributed by atoms with van der Waals surface area (Å²) in [6.07, 6.45) is 5.04. The van der Waals surface area contributed by atoms with Crippen molar-refractivity contribution in [3.05, 3.63) is 63.3 Å². The molecule has 3 aromatic rings. The van der Waals surface area contributed by atoms with E-state index in [2.05, 4.69) is 0 Å². The van der Waals surface area contributed by atoms with Gasteiger partial charge in [-0.25, -0.2) is 4.79 Å². The molecule has 1 aromatic heterocycles. The Morgan fingerprint density at radius 2 is 1.71 bits per heavy atom. The van der Waals surface area contributed by atoms with Crippen LogP contribution >= 0.6 is 0 Å². The summed E-state index contributed by atoms with van der Waals surface area (Å²) in [6.45, 7) is 5.52. The molecule has 0 spiro atoms. The van der Waals surface area contributed by atoms with E-state index in [0.29, 0.717) is 16.7 Å². The lowest BCUT2D eigenvalue weighted by Gasteiger charge is -2.21. The molecule has 2 aromatic carbocycles. The van der Waals surface area contributed by atoms with Gasteiger partial charge in [0.2, 0.25) is 11.2 Å². The van der Waals surface area contributed by atoms with Crippen molar-refractivity contribution < 1.29 is 18.7 Å². The summed E-state index contributed by atoms with van der Waals surface area (Å²) in [6, 6.07) is 11.4. The van der Waals surface area contributed by atoms with E-state index in [1.807, 2.05) is 51.1 Å². The molecule has 0 N–H and O–H groups in total. The normalized spacial score (nSPS) is 14.5. The third-order valence-corrected chi connectivity index (χ3v) is 5.78. The van der Waals surface area contributed by atoms with Crippen LogP contribution in [0.2, 0.25) is 0 Å². The van der Waals surface area contributed by atoms with Gasteiger partial charge in [0, 0.05) is 5.56 Å². The van der Waals surface area contributed by atoms with E-state index in [-0.39, 0.29) is 23.9 Å². The number of esters is 1. The number of benzene rings is 2. The maximum Gasteiger partial charge on any atom is 0.344 e. The summed E-state index contributed by atoms with van der Waals surface area (Å²) in [5.74, 6) is -0.0847. The van der Waals surface area contributed by atoms with Crippen LogP contribution in [0.5, 0.6) is 5.75 Å². The number of carbonyl (C=O) groups excluding carboxylic acids is 1. The summed E-state index contributed by atoms with van der Waals surface area (Å²) in [5, 5.41) is 0.448. The standard InChI is InChI=1S/C26H28O5/c1-16-9-11-19(12-10-16)25-26(29-15-22(27)30-20-7-5-4-6-8-20)23(28)21-14-17(2)13-18(3)24(21)31-25/h9-14,20H,4-8,15H2,1-3H3. The smallest absolute Gasteiger partial charge is 0.344 e. The molecule has 0 bridgehead atoms. The molecule has 1 aliphatic carbocycles. The Hall–Kier alpha value is -3.08. The van der Waals surface area contributed by atoms with Gasteiger partial charge >= 0.3 is 5.97 Å². The molecule has 0 saturated heterocycles. The highest BCUT2D eigenvalue weighted by Crippen LogP contribution is 2.33. The summed E-state index contributed by atoms with van der Waals surface area (Å²) in [5.41, 5.74) is 3.90. The highest BCUT2D eigenvalue weighted by Gasteiger charge is 2.22. The molecule has 0 aliphatic heterocycles. The molecule has 5 heteroatoms. The minimum absolute atomic E-state index is 0.0435. The zero-order valence-electron chi connectivity index (χ0n) is 18.3. The highest BCUT2D eigenvalue weighted by molar-refractivity contribution is 5.85. The first-order valence-corrected chi connectivity index (χ1v) is 10.9. The van der Waals surface area contributed by atoms with Crippen molar-refractivity contribution in [1.82, 2.24) is 0 Å². The molecule has 4 rings (SSSR count). The number of rotatable bonds is 5. The fraction of sp³-hybridized carbons (Fsp3) is 0.385. The van der Waals surface area contributed by atoms with Crippen molar-refractivity contribution in [3.8, 4) is 17.1 Å². The van der Waals surface area contributed by atoms with Crippen LogP contribution in [0, 0.1) is 20.8 Å². The predicted molar refractivity (Wildman–Crippen MR) is 121 cm³/mol. The van der Waals surface area contributed by atoms with Crippen molar-refractivity contribution in [2.45, 2.75) is 59.0 Å². The molecule has 31 heavy (non-hydrogen) atoms. The minimum atomic E-state index is -0.457. The summed E-state index contributed by atoms with van der Waals surface area (Å²) in [4.78, 5) is 25.7. The second kappa shape index (κ2) is 8.96. The molecule has 5 nitrogen and oxygen atoms in total. The molecular weight excluding hydrogens is 392 g/mol. The Morgan fingerprint density at radius 3 is 2.42 bits per heavy atom. The first-order chi connectivity index (χ1) is 14.9. The van der Waals surface area contributed by atoms with Gasteiger partial charge in [-0.05, 0) is 63.6 Å². The lowest BCUT2D eigenvalue weighted by atomic mass is 9.98. The van der Waals surface area contributed by atoms with Crippen LogP contribution in [0.25, 0.3) is 22.3 Å². The Balaban J connectivity index is 1.70. The van der Waals surface area contributed by atoms with Crippen LogP contribution in [0.4, 0.5) is 0 Å². The number of fused-ring (bicyclic) bond motifs is 1. The van der Waals surface area contributed by atoms with Crippen molar-refractivity contribution >= 4 is 16.9 Å². The van der Waals surface area contributed by atoms with Crippen molar-refractivity contribution in [1.29, 1.82) is 0 Å². The van der Waals surface area contributed by atoms with E-state index in [1.54, 1.807) is 6.07 Å². The highest BCUT2D eigenvalue weighted by atomic mass is 16.6. The molecule has 1 saturated carbocycles. The summed E-state index contributed by atoms with van der Waals surface area (Å²) < 4.78 is 17.5. The Morgan fingerprint density at radius 1 is 1.00 bits per heavy atom. The topological polar surface area (TPSA) is 65.7 Å². The molecule has 0 atom stereocenters. The van der Waals surface area contributed by atoms with Crippen molar-refractivity contribution in [2.24, 2.45) is 0 Å². The monoisotopic (exact) mass is 420 g/mol. The number of carbonyl (C=O) groups is 1. The number of aryl methyl sites for hydroxylation is 3. The van der Waals surface area contributed by atoms with Gasteiger partial charge in [-0.1, -0.05) is 42.3 Å². The molecule has 1 aliphatic rings. The SMILES string of the molecule is Cc1ccc(-c2oc3c(C)cc(C)cc3c(=O)c2OCC(=O)OC2CCCCC2)cc1. The fourth-order valence-electron chi connectivity index (χ4n) is 4.19. The third kappa shape index (κ3) is 4.66. The zero-order valence-corrected chi connectivity index (χ0v) is 18.3. The van der Waals surface area contributed by atoms with Gasteiger partial charge < -0.3 is 13.9 Å². The maximum absolute atomic E-state index is 13.4. The average Bonchev–Trinajstić information content (AvgIpc) is 2.75. The molecule has 0 amide bonds. The van der Waals surface area contributed by atoms with Crippen LogP contribution in [0.1, 0.15) is 48.8 Å². The number of hydrogen-bond acceptors (Lipinski definition) is 5. The van der Waals surface area contributed by atoms with Crippen molar-refractivity contribution in [2.75, 3.05) is 6.61 Å². The van der Waals surface area contributed by atoms with E-state index >= 15 is 0 Å². The molecule has 162 valence electrons. The second-order valence-electron chi connectivity index (χ2n) is 8.45. The largest absolute Gasteiger partial charge is 0.474 e. The first-order valence-electron chi connectivity index (χ1n) is 10.9. The van der Waals surface area contributed by atoms with Crippen molar-refractivity contribution in [3.63, 3.8) is 0 Å².